The van der Waals surface area contributed by atoms with Gasteiger partial charge in [0, 0.05) is 11.4 Å². The Labute approximate surface area is 173 Å². The van der Waals surface area contributed by atoms with Gasteiger partial charge in [0.1, 0.15) is 0 Å². The third-order valence-electron chi connectivity index (χ3n) is 4.72. The number of hydrazone groups is 1. The first kappa shape index (κ1) is 19.2. The number of H-pyrrole nitrogens is 1. The van der Waals surface area contributed by atoms with E-state index in [1.165, 1.54) is 10.9 Å². The molecule has 150 valence electrons. The van der Waals surface area contributed by atoms with Crippen LogP contribution in [0.5, 0.6) is 0 Å². The largest absolute Gasteiger partial charge is 0.376 e. The zero-order chi connectivity index (χ0) is 20.9. The first-order valence-electron chi connectivity index (χ1n) is 9.53. The average Bonchev–Trinajstić information content (AvgIpc) is 3.06. The molecule has 7 heteroatoms. The number of rotatable bonds is 6. The Morgan fingerprint density at radius 2 is 1.77 bits per heavy atom. The van der Waals surface area contributed by atoms with Gasteiger partial charge in [-0.25, -0.2) is 10.1 Å². The highest BCUT2D eigenvalue weighted by Gasteiger charge is 2.10. The fourth-order valence-corrected chi connectivity index (χ4v) is 3.16. The number of carbonyl (C=O) groups excluding carboxylic acids is 1. The van der Waals surface area contributed by atoms with E-state index in [0.717, 1.165) is 22.1 Å². The number of benzene rings is 3. The van der Waals surface area contributed by atoms with Crippen molar-refractivity contribution in [2.75, 3.05) is 11.9 Å². The number of hydrogen-bond donors (Lipinski definition) is 3. The van der Waals surface area contributed by atoms with Gasteiger partial charge < -0.3 is 5.32 Å². The third-order valence-corrected chi connectivity index (χ3v) is 4.72. The number of nitrogens with zero attached hydrogens (tertiary/aromatic N) is 2. The topological polar surface area (TPSA) is 91.3 Å². The van der Waals surface area contributed by atoms with E-state index in [-0.39, 0.29) is 18.0 Å². The van der Waals surface area contributed by atoms with Crippen LogP contribution in [0.1, 0.15) is 11.3 Å². The Kier molecular flexibility index (Phi) is 5.43. The van der Waals surface area contributed by atoms with Crippen molar-refractivity contribution < 1.29 is 4.79 Å². The first-order valence-corrected chi connectivity index (χ1v) is 9.53. The molecule has 0 saturated heterocycles. The molecule has 30 heavy (non-hydrogen) atoms. The molecule has 4 aromatic rings. The number of aryl methyl sites for hydroxylation is 1. The molecule has 7 nitrogen and oxygen atoms in total. The molecule has 0 atom stereocenters. The van der Waals surface area contributed by atoms with E-state index in [0.29, 0.717) is 11.3 Å². The van der Waals surface area contributed by atoms with Crippen molar-refractivity contribution in [3.8, 4) is 5.69 Å². The van der Waals surface area contributed by atoms with Gasteiger partial charge in [0.25, 0.3) is 11.5 Å². The highest BCUT2D eigenvalue weighted by Crippen LogP contribution is 2.18. The zero-order valence-corrected chi connectivity index (χ0v) is 16.4. The van der Waals surface area contributed by atoms with Gasteiger partial charge in [-0.2, -0.15) is 5.10 Å². The van der Waals surface area contributed by atoms with Crippen molar-refractivity contribution in [1.29, 1.82) is 0 Å². The predicted molar refractivity (Wildman–Crippen MR) is 119 cm³/mol. The van der Waals surface area contributed by atoms with Crippen LogP contribution in [0.2, 0.25) is 0 Å². The van der Waals surface area contributed by atoms with Gasteiger partial charge in [0.15, 0.2) is 0 Å². The maximum Gasteiger partial charge on any atom is 0.280 e. The lowest BCUT2D eigenvalue weighted by molar-refractivity contribution is -0.119. The molecule has 3 N–H and O–H groups in total. The maximum absolute atomic E-state index is 12.6. The quantitative estimate of drug-likeness (QED) is 0.343. The molecule has 0 unspecified atom stereocenters. The number of carbonyl (C=O) groups is 1. The van der Waals surface area contributed by atoms with Gasteiger partial charge >= 0.3 is 0 Å². The van der Waals surface area contributed by atoms with Gasteiger partial charge in [-0.05, 0) is 42.0 Å². The number of fused-ring (bicyclic) bond motifs is 1. The summed E-state index contributed by atoms with van der Waals surface area (Å²) < 4.78 is 1.44. The molecule has 0 aliphatic rings. The Balaban J connectivity index is 1.38. The Morgan fingerprint density at radius 3 is 2.57 bits per heavy atom. The van der Waals surface area contributed by atoms with Crippen LogP contribution in [0.3, 0.4) is 0 Å². The van der Waals surface area contributed by atoms with E-state index in [1.807, 2.05) is 72.8 Å². The summed E-state index contributed by atoms with van der Waals surface area (Å²) in [5, 5.41) is 12.3. The minimum atomic E-state index is -0.309. The molecule has 0 radical (unpaired) electrons. The summed E-state index contributed by atoms with van der Waals surface area (Å²) in [5.41, 5.74) is 4.85. The molecule has 1 aromatic heterocycles. The van der Waals surface area contributed by atoms with Crippen molar-refractivity contribution >= 4 is 28.6 Å². The smallest absolute Gasteiger partial charge is 0.280 e. The molecule has 1 heterocycles. The molecule has 1 amide bonds. The van der Waals surface area contributed by atoms with Crippen LogP contribution in [0.25, 0.3) is 16.5 Å². The summed E-state index contributed by atoms with van der Waals surface area (Å²) >= 11 is 0. The van der Waals surface area contributed by atoms with E-state index in [9.17, 15) is 9.59 Å². The number of anilines is 1. The first-order chi connectivity index (χ1) is 14.6. The van der Waals surface area contributed by atoms with Crippen LogP contribution >= 0.6 is 0 Å². The molecular weight excluding hydrogens is 378 g/mol. The predicted octanol–water partition coefficient (Wildman–Crippen LogP) is 3.19. The SMILES string of the molecule is Cc1[nH]n(-c2ccccc2)c(=O)c1/C=N/NC(=O)CNc1ccc2ccccc2c1. The minimum Gasteiger partial charge on any atom is -0.376 e. The van der Waals surface area contributed by atoms with E-state index < -0.39 is 0 Å². The second kappa shape index (κ2) is 8.48. The zero-order valence-electron chi connectivity index (χ0n) is 16.4. The second-order valence-corrected chi connectivity index (χ2v) is 6.84. The fraction of sp³-hybridized carbons (Fsp3) is 0.0870. The number of aromatic nitrogens is 2. The van der Waals surface area contributed by atoms with E-state index >= 15 is 0 Å². The van der Waals surface area contributed by atoms with Crippen LogP contribution in [-0.4, -0.2) is 28.4 Å². The van der Waals surface area contributed by atoms with E-state index in [1.54, 1.807) is 6.92 Å². The van der Waals surface area contributed by atoms with Gasteiger partial charge in [0.2, 0.25) is 0 Å². The summed E-state index contributed by atoms with van der Waals surface area (Å²) in [6, 6.07) is 23.2. The number of para-hydroxylation sites is 1. The molecule has 0 bridgehead atoms. The molecule has 3 aromatic carbocycles. The van der Waals surface area contributed by atoms with Crippen LogP contribution < -0.4 is 16.3 Å². The summed E-state index contributed by atoms with van der Waals surface area (Å²) in [6.45, 7) is 1.85. The van der Waals surface area contributed by atoms with Crippen LogP contribution in [-0.2, 0) is 4.79 Å². The monoisotopic (exact) mass is 399 g/mol. The molecular formula is C23H21N5O2. The highest BCUT2D eigenvalue weighted by molar-refractivity contribution is 5.87. The Hall–Kier alpha value is -4.13. The minimum absolute atomic E-state index is 0.0655. The number of nitrogens with one attached hydrogen (secondary N) is 3. The standard InChI is InChI=1S/C23H21N5O2/c1-16-21(23(30)28(27-16)20-9-3-2-4-10-20)14-25-26-22(29)15-24-19-12-11-17-7-5-6-8-18(17)13-19/h2-14,24,27H,15H2,1H3,(H,26,29)/b25-14+. The molecule has 0 aliphatic heterocycles. The summed E-state index contributed by atoms with van der Waals surface area (Å²) in [7, 11) is 0. The Bertz CT molecular complexity index is 1270. The molecule has 0 saturated carbocycles. The second-order valence-electron chi connectivity index (χ2n) is 6.84. The van der Waals surface area contributed by atoms with Crippen molar-refractivity contribution in [2.45, 2.75) is 6.92 Å². The normalized spacial score (nSPS) is 11.1. The number of hydrogen-bond acceptors (Lipinski definition) is 4. The van der Waals surface area contributed by atoms with Crippen molar-refractivity contribution in [3.05, 3.63) is 94.4 Å². The van der Waals surface area contributed by atoms with Gasteiger partial charge in [-0.3, -0.25) is 14.7 Å². The average molecular weight is 399 g/mol. The van der Waals surface area contributed by atoms with Gasteiger partial charge in [-0.1, -0.05) is 48.5 Å². The van der Waals surface area contributed by atoms with Gasteiger partial charge in [0.05, 0.1) is 24.0 Å². The van der Waals surface area contributed by atoms with Crippen molar-refractivity contribution in [1.82, 2.24) is 15.2 Å². The summed E-state index contributed by atoms with van der Waals surface area (Å²) in [5.74, 6) is -0.309. The summed E-state index contributed by atoms with van der Waals surface area (Å²) in [4.78, 5) is 24.7. The van der Waals surface area contributed by atoms with Gasteiger partial charge in [-0.15, -0.1) is 0 Å². The fourth-order valence-electron chi connectivity index (χ4n) is 3.16. The molecule has 0 aliphatic carbocycles. The third kappa shape index (κ3) is 4.15. The molecule has 0 spiro atoms. The van der Waals surface area contributed by atoms with E-state index in [2.05, 4.69) is 20.9 Å². The lowest BCUT2D eigenvalue weighted by Gasteiger charge is -2.06. The number of amides is 1. The lowest BCUT2D eigenvalue weighted by Crippen LogP contribution is -2.26. The van der Waals surface area contributed by atoms with Crippen molar-refractivity contribution in [2.24, 2.45) is 5.10 Å². The van der Waals surface area contributed by atoms with Crippen LogP contribution in [0.15, 0.2) is 82.7 Å². The maximum atomic E-state index is 12.6. The number of aromatic amines is 1. The molecule has 4 rings (SSSR count). The summed E-state index contributed by atoms with van der Waals surface area (Å²) in [6.07, 6.45) is 1.36. The van der Waals surface area contributed by atoms with Crippen LogP contribution in [0, 0.1) is 6.92 Å². The molecule has 0 fully saturated rings. The van der Waals surface area contributed by atoms with Crippen molar-refractivity contribution in [3.63, 3.8) is 0 Å². The van der Waals surface area contributed by atoms with E-state index in [4.69, 9.17) is 0 Å². The lowest BCUT2D eigenvalue weighted by atomic mass is 10.1. The van der Waals surface area contributed by atoms with Crippen LogP contribution in [0.4, 0.5) is 5.69 Å². The highest BCUT2D eigenvalue weighted by atomic mass is 16.2. The Morgan fingerprint density at radius 1 is 1.03 bits per heavy atom.